The van der Waals surface area contributed by atoms with Crippen LogP contribution in [0.5, 0.6) is 0 Å². The molecule has 0 aromatic rings. The number of rotatable bonds is 1. The Hall–Kier alpha value is -0.770. The van der Waals surface area contributed by atoms with Gasteiger partial charge in [0.1, 0.15) is 6.61 Å². The van der Waals surface area contributed by atoms with Gasteiger partial charge in [-0.05, 0) is 0 Å². The van der Waals surface area contributed by atoms with Gasteiger partial charge in [-0.25, -0.2) is 4.79 Å². The zero-order valence-corrected chi connectivity index (χ0v) is 4.26. The molecule has 1 amide bonds. The summed E-state index contributed by atoms with van der Waals surface area (Å²) < 4.78 is 4.45. The van der Waals surface area contributed by atoms with Crippen molar-refractivity contribution < 1.29 is 14.6 Å². The summed E-state index contributed by atoms with van der Waals surface area (Å²) in [6.07, 6.45) is -0.441. The van der Waals surface area contributed by atoms with E-state index in [0.29, 0.717) is 0 Å². The van der Waals surface area contributed by atoms with Gasteiger partial charge in [-0.1, -0.05) is 0 Å². The van der Waals surface area contributed by atoms with Crippen molar-refractivity contribution in [2.24, 2.45) is 0 Å². The molecule has 8 heavy (non-hydrogen) atoms. The Morgan fingerprint density at radius 2 is 2.75 bits per heavy atom. The second kappa shape index (κ2) is 2.00. The fourth-order valence-corrected chi connectivity index (χ4v) is 0.525. The molecule has 1 fully saturated rings. The van der Waals surface area contributed by atoms with E-state index in [2.05, 4.69) is 10.1 Å². The van der Waals surface area contributed by atoms with Gasteiger partial charge < -0.3 is 15.2 Å². The van der Waals surface area contributed by atoms with E-state index >= 15 is 0 Å². The first-order chi connectivity index (χ1) is 3.83. The molecule has 1 rings (SSSR count). The minimum atomic E-state index is -0.441. The van der Waals surface area contributed by atoms with Crippen LogP contribution in [0.25, 0.3) is 0 Å². The van der Waals surface area contributed by atoms with Gasteiger partial charge in [0.25, 0.3) is 0 Å². The molecule has 0 radical (unpaired) electrons. The average Bonchev–Trinajstić information content (AvgIpc) is 2.14. The maximum atomic E-state index is 10.2. The molecule has 4 nitrogen and oxygen atoms in total. The van der Waals surface area contributed by atoms with E-state index in [1.54, 1.807) is 0 Å². The van der Waals surface area contributed by atoms with Crippen molar-refractivity contribution in [2.45, 2.75) is 6.04 Å². The van der Waals surface area contributed by atoms with Crippen LogP contribution >= 0.6 is 0 Å². The van der Waals surface area contributed by atoms with Crippen LogP contribution in [0.1, 0.15) is 0 Å². The number of aliphatic hydroxyl groups excluding tert-OH is 1. The fourth-order valence-electron chi connectivity index (χ4n) is 0.525. The van der Waals surface area contributed by atoms with E-state index in [1.165, 1.54) is 0 Å². The van der Waals surface area contributed by atoms with Gasteiger partial charge in [-0.15, -0.1) is 0 Å². The van der Waals surface area contributed by atoms with Crippen molar-refractivity contribution in [2.75, 3.05) is 13.2 Å². The maximum absolute atomic E-state index is 10.2. The minimum absolute atomic E-state index is 0.0499. The number of carbonyl (C=O) groups excluding carboxylic acids is 1. The Labute approximate surface area is 46.4 Å². The molecule has 0 spiro atoms. The van der Waals surface area contributed by atoms with E-state index in [4.69, 9.17) is 5.11 Å². The van der Waals surface area contributed by atoms with Crippen molar-refractivity contribution in [3.05, 3.63) is 0 Å². The van der Waals surface area contributed by atoms with E-state index < -0.39 is 6.09 Å². The maximum Gasteiger partial charge on any atom is 0.407 e. The zero-order chi connectivity index (χ0) is 5.98. The highest BCUT2D eigenvalue weighted by Gasteiger charge is 2.20. The lowest BCUT2D eigenvalue weighted by molar-refractivity contribution is 0.173. The Balaban J connectivity index is 2.32. The van der Waals surface area contributed by atoms with E-state index in [1.807, 2.05) is 0 Å². The first-order valence-electron chi connectivity index (χ1n) is 2.37. The van der Waals surface area contributed by atoms with Crippen LogP contribution in [0.2, 0.25) is 0 Å². The second-order valence-corrected chi connectivity index (χ2v) is 1.62. The molecule has 4 heteroatoms. The Kier molecular flexibility index (Phi) is 1.34. The topological polar surface area (TPSA) is 58.6 Å². The Bertz CT molecular complexity index is 103. The van der Waals surface area contributed by atoms with Crippen LogP contribution in [-0.2, 0) is 4.74 Å². The number of aliphatic hydroxyl groups is 1. The van der Waals surface area contributed by atoms with E-state index in [-0.39, 0.29) is 19.3 Å². The number of cyclic esters (lactones) is 1. The highest BCUT2D eigenvalue weighted by molar-refractivity contribution is 5.69. The van der Waals surface area contributed by atoms with Gasteiger partial charge in [-0.2, -0.15) is 0 Å². The first-order valence-corrected chi connectivity index (χ1v) is 2.37. The highest BCUT2D eigenvalue weighted by Crippen LogP contribution is 1.94. The molecule has 0 aromatic heterocycles. The monoisotopic (exact) mass is 117 g/mol. The van der Waals surface area contributed by atoms with Crippen LogP contribution in [0.3, 0.4) is 0 Å². The summed E-state index contributed by atoms with van der Waals surface area (Å²) in [5.74, 6) is 0. The van der Waals surface area contributed by atoms with Gasteiger partial charge in [-0.3, -0.25) is 0 Å². The lowest BCUT2D eigenvalue weighted by Gasteiger charge is -1.97. The van der Waals surface area contributed by atoms with Gasteiger partial charge in [0, 0.05) is 0 Å². The predicted molar refractivity (Wildman–Crippen MR) is 25.4 cm³/mol. The van der Waals surface area contributed by atoms with Gasteiger partial charge in [0.15, 0.2) is 0 Å². The van der Waals surface area contributed by atoms with Crippen molar-refractivity contribution in [1.29, 1.82) is 0 Å². The molecule has 46 valence electrons. The van der Waals surface area contributed by atoms with Crippen LogP contribution in [0.4, 0.5) is 4.79 Å². The van der Waals surface area contributed by atoms with Crippen molar-refractivity contribution in [1.82, 2.24) is 5.32 Å². The fraction of sp³-hybridized carbons (Fsp3) is 0.750. The number of hydrogen-bond acceptors (Lipinski definition) is 3. The SMILES string of the molecule is O=C1N[C@H](CO)CO1. The number of nitrogens with one attached hydrogen (secondary N) is 1. The molecule has 1 atom stereocenters. The summed E-state index contributed by atoms with van der Waals surface area (Å²) in [4.78, 5) is 10.2. The largest absolute Gasteiger partial charge is 0.447 e. The van der Waals surface area contributed by atoms with E-state index in [9.17, 15) is 4.79 Å². The van der Waals surface area contributed by atoms with E-state index in [0.717, 1.165) is 0 Å². The van der Waals surface area contributed by atoms with Crippen molar-refractivity contribution in [3.8, 4) is 0 Å². The molecular weight excluding hydrogens is 110 g/mol. The summed E-state index contributed by atoms with van der Waals surface area (Å²) in [5, 5.41) is 10.8. The predicted octanol–water partition coefficient (Wildman–Crippen LogP) is -0.913. The summed E-state index contributed by atoms with van der Waals surface area (Å²) in [6.45, 7) is 0.237. The zero-order valence-electron chi connectivity index (χ0n) is 4.26. The van der Waals surface area contributed by atoms with Gasteiger partial charge >= 0.3 is 6.09 Å². The number of ether oxygens (including phenoxy) is 1. The molecule has 0 saturated carbocycles. The van der Waals surface area contributed by atoms with Gasteiger partial charge in [0.05, 0.1) is 12.6 Å². The van der Waals surface area contributed by atoms with Crippen LogP contribution in [0.15, 0.2) is 0 Å². The summed E-state index contributed by atoms with van der Waals surface area (Å²) in [7, 11) is 0. The molecule has 0 aliphatic carbocycles. The lowest BCUT2D eigenvalue weighted by atomic mass is 10.4. The quantitative estimate of drug-likeness (QED) is 0.467. The van der Waals surface area contributed by atoms with Crippen LogP contribution in [0, 0.1) is 0 Å². The Morgan fingerprint density at radius 1 is 2.00 bits per heavy atom. The third-order valence-corrected chi connectivity index (χ3v) is 0.958. The molecule has 0 bridgehead atoms. The van der Waals surface area contributed by atoms with Gasteiger partial charge in [0.2, 0.25) is 0 Å². The number of carbonyl (C=O) groups is 1. The number of hydrogen-bond donors (Lipinski definition) is 2. The molecule has 1 aliphatic heterocycles. The average molecular weight is 117 g/mol. The summed E-state index contributed by atoms with van der Waals surface area (Å²) >= 11 is 0. The third-order valence-electron chi connectivity index (χ3n) is 0.958. The van der Waals surface area contributed by atoms with Crippen LogP contribution in [-0.4, -0.2) is 30.5 Å². The first kappa shape index (κ1) is 5.37. The standard InChI is InChI=1S/C4H7NO3/c6-1-3-2-8-4(7)5-3/h3,6H,1-2H2,(H,5,7)/t3-/m1/s1. The molecular formula is C4H7NO3. The molecule has 2 N–H and O–H groups in total. The van der Waals surface area contributed by atoms with Crippen molar-refractivity contribution >= 4 is 6.09 Å². The molecule has 1 aliphatic rings. The van der Waals surface area contributed by atoms with Crippen molar-refractivity contribution in [3.63, 3.8) is 0 Å². The minimum Gasteiger partial charge on any atom is -0.447 e. The Morgan fingerprint density at radius 3 is 3.00 bits per heavy atom. The second-order valence-electron chi connectivity index (χ2n) is 1.62. The summed E-state index contributed by atoms with van der Waals surface area (Å²) in [5.41, 5.74) is 0. The lowest BCUT2D eigenvalue weighted by Crippen LogP contribution is -2.29. The third kappa shape index (κ3) is 0.894. The highest BCUT2D eigenvalue weighted by atomic mass is 16.6. The number of alkyl carbamates (subject to hydrolysis) is 1. The normalized spacial score (nSPS) is 27.1. The summed E-state index contributed by atoms with van der Waals surface area (Å²) in [6, 6.07) is -0.192. The molecule has 0 unspecified atom stereocenters. The molecule has 1 heterocycles. The van der Waals surface area contributed by atoms with Crippen LogP contribution < -0.4 is 5.32 Å². The number of amides is 1. The molecule has 1 saturated heterocycles. The smallest absolute Gasteiger partial charge is 0.407 e. The molecule has 0 aromatic carbocycles.